The van der Waals surface area contributed by atoms with Gasteiger partial charge in [-0.05, 0) is 37.0 Å². The number of benzene rings is 1. The summed E-state index contributed by atoms with van der Waals surface area (Å²) in [6, 6.07) is 12.3. The minimum Gasteiger partial charge on any atom is -0.489 e. The Kier molecular flexibility index (Phi) is 5.61. The first-order valence-electron chi connectivity index (χ1n) is 7.65. The van der Waals surface area contributed by atoms with Gasteiger partial charge in [-0.15, -0.1) is 0 Å². The number of nitrogens with zero attached hydrogens (tertiary/aromatic N) is 1. The molecule has 3 nitrogen and oxygen atoms in total. The van der Waals surface area contributed by atoms with Crippen LogP contribution in [0.3, 0.4) is 0 Å². The molecule has 1 aromatic heterocycles. The standard InChI is InChI=1S/C18H24N2O/c1-4-14(3)16-8-6-7-9-17(16)21-13-15-10-11-18(19-5-2)20-12-15/h6-12,14H,4-5,13H2,1-3H3,(H,19,20). The van der Waals surface area contributed by atoms with Gasteiger partial charge < -0.3 is 10.1 Å². The molecule has 1 aromatic carbocycles. The van der Waals surface area contributed by atoms with Crippen molar-refractivity contribution in [2.24, 2.45) is 0 Å². The van der Waals surface area contributed by atoms with E-state index in [2.05, 4.69) is 49.3 Å². The van der Waals surface area contributed by atoms with E-state index >= 15 is 0 Å². The fraction of sp³-hybridized carbons (Fsp3) is 0.389. The van der Waals surface area contributed by atoms with Gasteiger partial charge in [0.2, 0.25) is 0 Å². The van der Waals surface area contributed by atoms with E-state index in [1.165, 1.54) is 5.56 Å². The zero-order chi connectivity index (χ0) is 15.1. The minimum absolute atomic E-state index is 0.510. The Labute approximate surface area is 127 Å². The second-order valence-corrected chi connectivity index (χ2v) is 5.22. The van der Waals surface area contributed by atoms with Crippen LogP contribution >= 0.6 is 0 Å². The molecule has 1 heterocycles. The topological polar surface area (TPSA) is 34.1 Å². The third-order valence-corrected chi connectivity index (χ3v) is 3.64. The third kappa shape index (κ3) is 4.22. The molecule has 3 heteroatoms. The Morgan fingerprint density at radius 2 is 1.95 bits per heavy atom. The lowest BCUT2D eigenvalue weighted by Gasteiger charge is -2.15. The molecule has 0 spiro atoms. The van der Waals surface area contributed by atoms with Gasteiger partial charge in [0.15, 0.2) is 0 Å². The summed E-state index contributed by atoms with van der Waals surface area (Å²) in [5.74, 6) is 2.39. The largest absolute Gasteiger partial charge is 0.489 e. The van der Waals surface area contributed by atoms with Gasteiger partial charge in [0, 0.05) is 18.3 Å². The van der Waals surface area contributed by atoms with Crippen molar-refractivity contribution in [3.05, 3.63) is 53.7 Å². The van der Waals surface area contributed by atoms with Crippen LogP contribution in [0.1, 0.15) is 44.2 Å². The zero-order valence-corrected chi connectivity index (χ0v) is 13.1. The molecule has 0 fully saturated rings. The predicted molar refractivity (Wildman–Crippen MR) is 87.9 cm³/mol. The first-order valence-corrected chi connectivity index (χ1v) is 7.65. The molecule has 2 rings (SSSR count). The van der Waals surface area contributed by atoms with Crippen LogP contribution in [0.4, 0.5) is 5.82 Å². The number of hydrogen-bond donors (Lipinski definition) is 1. The van der Waals surface area contributed by atoms with E-state index < -0.39 is 0 Å². The Hall–Kier alpha value is -2.03. The number of pyridine rings is 1. The lowest BCUT2D eigenvalue weighted by atomic mass is 9.98. The monoisotopic (exact) mass is 284 g/mol. The lowest BCUT2D eigenvalue weighted by molar-refractivity contribution is 0.300. The molecule has 0 aliphatic heterocycles. The van der Waals surface area contributed by atoms with Crippen LogP contribution in [0, 0.1) is 0 Å². The molecule has 2 aromatic rings. The third-order valence-electron chi connectivity index (χ3n) is 3.64. The first-order chi connectivity index (χ1) is 10.2. The van der Waals surface area contributed by atoms with E-state index in [0.717, 1.165) is 30.1 Å². The number of para-hydroxylation sites is 1. The summed E-state index contributed by atoms with van der Waals surface area (Å²) in [7, 11) is 0. The van der Waals surface area contributed by atoms with Crippen molar-refractivity contribution in [2.45, 2.75) is 39.7 Å². The molecule has 1 atom stereocenters. The zero-order valence-electron chi connectivity index (χ0n) is 13.1. The predicted octanol–water partition coefficient (Wildman–Crippen LogP) is 4.61. The number of hydrogen-bond acceptors (Lipinski definition) is 3. The maximum atomic E-state index is 5.99. The normalized spacial score (nSPS) is 12.0. The van der Waals surface area contributed by atoms with Crippen molar-refractivity contribution in [2.75, 3.05) is 11.9 Å². The summed E-state index contributed by atoms with van der Waals surface area (Å²) >= 11 is 0. The number of aromatic nitrogens is 1. The van der Waals surface area contributed by atoms with E-state index in [-0.39, 0.29) is 0 Å². The van der Waals surface area contributed by atoms with E-state index in [4.69, 9.17) is 4.74 Å². The summed E-state index contributed by atoms with van der Waals surface area (Å²) in [6.45, 7) is 7.92. The second kappa shape index (κ2) is 7.67. The molecule has 0 amide bonds. The quantitative estimate of drug-likeness (QED) is 0.806. The molecule has 0 bridgehead atoms. The van der Waals surface area contributed by atoms with Crippen LogP contribution in [0.15, 0.2) is 42.6 Å². The molecule has 0 aliphatic carbocycles. The second-order valence-electron chi connectivity index (χ2n) is 5.22. The van der Waals surface area contributed by atoms with Gasteiger partial charge in [-0.1, -0.05) is 38.1 Å². The minimum atomic E-state index is 0.510. The highest BCUT2D eigenvalue weighted by Gasteiger charge is 2.09. The smallest absolute Gasteiger partial charge is 0.125 e. The molecular formula is C18H24N2O. The Morgan fingerprint density at radius 1 is 1.14 bits per heavy atom. The fourth-order valence-corrected chi connectivity index (χ4v) is 2.20. The van der Waals surface area contributed by atoms with Gasteiger partial charge in [0.25, 0.3) is 0 Å². The van der Waals surface area contributed by atoms with Crippen molar-refractivity contribution in [3.63, 3.8) is 0 Å². The van der Waals surface area contributed by atoms with Gasteiger partial charge in [0.1, 0.15) is 18.2 Å². The average Bonchev–Trinajstić information content (AvgIpc) is 2.54. The van der Waals surface area contributed by atoms with E-state index in [9.17, 15) is 0 Å². The van der Waals surface area contributed by atoms with Crippen LogP contribution in [-0.4, -0.2) is 11.5 Å². The summed E-state index contributed by atoms with van der Waals surface area (Å²) in [6.07, 6.45) is 2.98. The van der Waals surface area contributed by atoms with Crippen molar-refractivity contribution in [3.8, 4) is 5.75 Å². The molecule has 0 aliphatic rings. The van der Waals surface area contributed by atoms with Crippen LogP contribution in [0.5, 0.6) is 5.75 Å². The molecule has 0 saturated carbocycles. The summed E-state index contributed by atoms with van der Waals surface area (Å²) in [4.78, 5) is 4.36. The van der Waals surface area contributed by atoms with E-state index in [1.807, 2.05) is 24.4 Å². The highest BCUT2D eigenvalue weighted by molar-refractivity contribution is 5.37. The van der Waals surface area contributed by atoms with Crippen LogP contribution in [-0.2, 0) is 6.61 Å². The van der Waals surface area contributed by atoms with Gasteiger partial charge >= 0.3 is 0 Å². The highest BCUT2D eigenvalue weighted by Crippen LogP contribution is 2.28. The van der Waals surface area contributed by atoms with Crippen LogP contribution in [0.2, 0.25) is 0 Å². The number of anilines is 1. The first kappa shape index (κ1) is 15.4. The van der Waals surface area contributed by atoms with E-state index in [1.54, 1.807) is 0 Å². The van der Waals surface area contributed by atoms with Gasteiger partial charge in [-0.25, -0.2) is 4.98 Å². The SMILES string of the molecule is CCNc1ccc(COc2ccccc2C(C)CC)cn1. The fourth-order valence-electron chi connectivity index (χ4n) is 2.20. The Bertz CT molecular complexity index is 551. The van der Waals surface area contributed by atoms with Gasteiger partial charge in [-0.3, -0.25) is 0 Å². The molecule has 0 radical (unpaired) electrons. The van der Waals surface area contributed by atoms with Crippen LogP contribution in [0.25, 0.3) is 0 Å². The molecule has 1 N–H and O–H groups in total. The average molecular weight is 284 g/mol. The van der Waals surface area contributed by atoms with Crippen molar-refractivity contribution >= 4 is 5.82 Å². The lowest BCUT2D eigenvalue weighted by Crippen LogP contribution is -2.03. The highest BCUT2D eigenvalue weighted by atomic mass is 16.5. The number of rotatable bonds is 7. The molecular weight excluding hydrogens is 260 g/mol. The van der Waals surface area contributed by atoms with Crippen molar-refractivity contribution < 1.29 is 4.74 Å². The number of nitrogens with one attached hydrogen (secondary N) is 1. The van der Waals surface area contributed by atoms with E-state index in [0.29, 0.717) is 12.5 Å². The summed E-state index contributed by atoms with van der Waals surface area (Å²) in [5, 5.41) is 3.19. The summed E-state index contributed by atoms with van der Waals surface area (Å²) in [5.41, 5.74) is 2.35. The van der Waals surface area contributed by atoms with Gasteiger partial charge in [-0.2, -0.15) is 0 Å². The molecule has 1 unspecified atom stereocenters. The maximum absolute atomic E-state index is 5.99. The van der Waals surface area contributed by atoms with Crippen molar-refractivity contribution in [1.82, 2.24) is 4.98 Å². The number of ether oxygens (including phenoxy) is 1. The molecule has 0 saturated heterocycles. The molecule has 112 valence electrons. The van der Waals surface area contributed by atoms with Crippen molar-refractivity contribution in [1.29, 1.82) is 0 Å². The summed E-state index contributed by atoms with van der Waals surface area (Å²) < 4.78 is 5.99. The van der Waals surface area contributed by atoms with Crippen LogP contribution < -0.4 is 10.1 Å². The maximum Gasteiger partial charge on any atom is 0.125 e. The Balaban J connectivity index is 2.02. The molecule has 21 heavy (non-hydrogen) atoms. The Morgan fingerprint density at radius 3 is 2.62 bits per heavy atom. The van der Waals surface area contributed by atoms with Gasteiger partial charge in [0.05, 0.1) is 0 Å².